The summed E-state index contributed by atoms with van der Waals surface area (Å²) < 4.78 is 2.47. The quantitative estimate of drug-likeness (QED) is 0.155. The van der Waals surface area contributed by atoms with Gasteiger partial charge in [-0.2, -0.15) is 0 Å². The molecule has 4 nitrogen and oxygen atoms in total. The van der Waals surface area contributed by atoms with Crippen molar-refractivity contribution in [3.63, 3.8) is 0 Å². The van der Waals surface area contributed by atoms with E-state index in [2.05, 4.69) is 249 Å². The van der Waals surface area contributed by atoms with Crippen LogP contribution in [0.3, 0.4) is 0 Å². The summed E-state index contributed by atoms with van der Waals surface area (Å²) in [4.78, 5) is 7.41. The van der Waals surface area contributed by atoms with Crippen LogP contribution in [0, 0.1) is 41.5 Å². The van der Waals surface area contributed by atoms with E-state index in [4.69, 9.17) is 0 Å². The molecular formula is C60H49BN4. The second-order valence-corrected chi connectivity index (χ2v) is 18.4. The van der Waals surface area contributed by atoms with Crippen molar-refractivity contribution < 1.29 is 0 Å². The van der Waals surface area contributed by atoms with Crippen molar-refractivity contribution in [2.75, 3.05) is 14.7 Å². The van der Waals surface area contributed by atoms with Gasteiger partial charge in [-0.25, -0.2) is 0 Å². The van der Waals surface area contributed by atoms with E-state index in [9.17, 15) is 0 Å². The third kappa shape index (κ3) is 6.29. The van der Waals surface area contributed by atoms with E-state index < -0.39 is 0 Å². The molecular weight excluding hydrogens is 787 g/mol. The van der Waals surface area contributed by atoms with E-state index in [0.29, 0.717) is 0 Å². The molecule has 0 unspecified atom stereocenters. The second-order valence-electron chi connectivity index (χ2n) is 18.4. The van der Waals surface area contributed by atoms with Gasteiger partial charge in [0.15, 0.2) is 0 Å². The third-order valence-corrected chi connectivity index (χ3v) is 13.7. The summed E-state index contributed by atoms with van der Waals surface area (Å²) in [6, 6.07) is 70.9. The number of fused-ring (bicyclic) bond motifs is 7. The molecule has 65 heavy (non-hydrogen) atoms. The SMILES string of the molecule is Cc1ccc(N(c2ccc(C)cc2)c2ccc3c(c2)N(c2ccc(C)cc2)c2cccc4c2B3c2ccc(-n3c5ccc(C)cc5c5cc(C)ccc53)cc2N4c2ccc(C)cc2)cc1. The van der Waals surface area contributed by atoms with Crippen LogP contribution < -0.4 is 31.1 Å². The first-order chi connectivity index (χ1) is 31.7. The van der Waals surface area contributed by atoms with Crippen LogP contribution in [-0.2, 0) is 0 Å². The van der Waals surface area contributed by atoms with Crippen LogP contribution >= 0.6 is 0 Å². The first-order valence-electron chi connectivity index (χ1n) is 22.8. The van der Waals surface area contributed by atoms with Gasteiger partial charge in [0.2, 0.25) is 0 Å². The lowest BCUT2D eigenvalue weighted by Crippen LogP contribution is -2.61. The van der Waals surface area contributed by atoms with E-state index in [0.717, 1.165) is 34.1 Å². The highest BCUT2D eigenvalue weighted by Gasteiger charge is 2.43. The second kappa shape index (κ2) is 14.9. The van der Waals surface area contributed by atoms with Crippen molar-refractivity contribution in [1.82, 2.24) is 4.57 Å². The van der Waals surface area contributed by atoms with E-state index in [1.54, 1.807) is 0 Å². The zero-order chi connectivity index (χ0) is 44.1. The highest BCUT2D eigenvalue weighted by atomic mass is 15.2. The topological polar surface area (TPSA) is 14.7 Å². The van der Waals surface area contributed by atoms with Crippen LogP contribution in [-0.4, -0.2) is 11.3 Å². The van der Waals surface area contributed by atoms with E-state index in [1.165, 1.54) is 94.3 Å². The van der Waals surface area contributed by atoms with Gasteiger partial charge in [-0.05, 0) is 167 Å². The molecule has 3 heterocycles. The highest BCUT2D eigenvalue weighted by Crippen LogP contribution is 2.47. The summed E-state index contributed by atoms with van der Waals surface area (Å²) in [7, 11) is 0. The Morgan fingerprint density at radius 1 is 0.338 bits per heavy atom. The molecule has 0 aliphatic carbocycles. The Morgan fingerprint density at radius 3 is 1.23 bits per heavy atom. The van der Waals surface area contributed by atoms with Crippen molar-refractivity contribution >= 4 is 96.1 Å². The molecule has 312 valence electrons. The van der Waals surface area contributed by atoms with Gasteiger partial charge in [0, 0.05) is 67.6 Å². The van der Waals surface area contributed by atoms with Gasteiger partial charge in [-0.1, -0.05) is 112 Å². The summed E-state index contributed by atoms with van der Waals surface area (Å²) in [5.74, 6) is 0. The average Bonchev–Trinajstić information content (AvgIpc) is 3.63. The molecule has 12 rings (SSSR count). The number of hydrogen-bond donors (Lipinski definition) is 0. The van der Waals surface area contributed by atoms with E-state index in [-0.39, 0.29) is 6.71 Å². The predicted molar refractivity (Wildman–Crippen MR) is 278 cm³/mol. The van der Waals surface area contributed by atoms with Gasteiger partial charge >= 0.3 is 0 Å². The lowest BCUT2D eigenvalue weighted by atomic mass is 9.33. The van der Waals surface area contributed by atoms with Gasteiger partial charge in [0.25, 0.3) is 6.71 Å². The Balaban J connectivity index is 1.13. The summed E-state index contributed by atoms with van der Waals surface area (Å²) in [5.41, 5.74) is 25.3. The Kier molecular flexibility index (Phi) is 8.93. The number of anilines is 9. The minimum Gasteiger partial charge on any atom is -0.311 e. The Hall–Kier alpha value is -7.76. The van der Waals surface area contributed by atoms with Crippen LogP contribution in [0.1, 0.15) is 33.4 Å². The summed E-state index contributed by atoms with van der Waals surface area (Å²) in [6.07, 6.45) is 0. The Morgan fingerprint density at radius 2 is 0.738 bits per heavy atom. The van der Waals surface area contributed by atoms with E-state index in [1.807, 2.05) is 0 Å². The first-order valence-corrected chi connectivity index (χ1v) is 22.8. The number of aromatic nitrogens is 1. The normalized spacial score (nSPS) is 12.7. The molecule has 0 bridgehead atoms. The van der Waals surface area contributed by atoms with Crippen LogP contribution in [0.25, 0.3) is 27.5 Å². The monoisotopic (exact) mass is 836 g/mol. The van der Waals surface area contributed by atoms with Gasteiger partial charge in [0.1, 0.15) is 0 Å². The zero-order valence-corrected chi connectivity index (χ0v) is 37.8. The molecule has 0 radical (unpaired) electrons. The van der Waals surface area contributed by atoms with Crippen molar-refractivity contribution in [1.29, 1.82) is 0 Å². The van der Waals surface area contributed by atoms with Crippen LogP contribution in [0.5, 0.6) is 0 Å². The summed E-state index contributed by atoms with van der Waals surface area (Å²) in [5, 5.41) is 2.57. The standard InChI is InChI=1S/C60H49BN4/c1-38-10-20-44(21-11-38)62(45-22-12-39(2)13-23-45)48-28-30-52-58(36-48)63(46-24-14-40(3)15-25-46)56-8-7-9-57-60(56)61(52)53-31-29-49(37-59(53)64(57)47-26-16-41(4)17-27-47)65-54-32-18-42(5)34-50(54)51-35-43(6)19-33-55(51)65/h7-37H,1-6H3. The molecule has 0 saturated carbocycles. The summed E-state index contributed by atoms with van der Waals surface area (Å²) >= 11 is 0. The maximum absolute atomic E-state index is 2.51. The fraction of sp³-hybridized carbons (Fsp3) is 0.100. The van der Waals surface area contributed by atoms with Gasteiger partial charge in [-0.15, -0.1) is 0 Å². The van der Waals surface area contributed by atoms with Gasteiger partial charge in [0.05, 0.1) is 11.0 Å². The first kappa shape index (κ1) is 38.9. The molecule has 0 atom stereocenters. The minimum atomic E-state index is -0.0200. The minimum absolute atomic E-state index is 0.0200. The smallest absolute Gasteiger partial charge is 0.252 e. The molecule has 9 aromatic carbocycles. The van der Waals surface area contributed by atoms with Crippen molar-refractivity contribution in [2.24, 2.45) is 0 Å². The van der Waals surface area contributed by atoms with Crippen LogP contribution in [0.15, 0.2) is 188 Å². The lowest BCUT2D eigenvalue weighted by Gasteiger charge is -2.44. The van der Waals surface area contributed by atoms with Crippen molar-refractivity contribution in [2.45, 2.75) is 41.5 Å². The average molecular weight is 837 g/mol. The van der Waals surface area contributed by atoms with Crippen LogP contribution in [0.4, 0.5) is 51.2 Å². The number of rotatable bonds is 6. The maximum atomic E-state index is 2.51. The maximum Gasteiger partial charge on any atom is 0.252 e. The van der Waals surface area contributed by atoms with Crippen LogP contribution in [0.2, 0.25) is 0 Å². The molecule has 2 aliphatic heterocycles. The molecule has 0 spiro atoms. The number of benzene rings is 9. The highest BCUT2D eigenvalue weighted by molar-refractivity contribution is 7.00. The van der Waals surface area contributed by atoms with Crippen molar-refractivity contribution in [3.8, 4) is 5.69 Å². The van der Waals surface area contributed by atoms with Gasteiger partial charge < -0.3 is 19.3 Å². The lowest BCUT2D eigenvalue weighted by molar-refractivity contribution is 1.17. The molecule has 0 saturated heterocycles. The Bertz CT molecular complexity index is 3390. The number of hydrogen-bond acceptors (Lipinski definition) is 3. The molecule has 0 N–H and O–H groups in total. The molecule has 2 aliphatic rings. The molecule has 0 amide bonds. The summed E-state index contributed by atoms with van der Waals surface area (Å²) in [6.45, 7) is 13.0. The van der Waals surface area contributed by atoms with Crippen molar-refractivity contribution in [3.05, 3.63) is 221 Å². The molecule has 5 heteroatoms. The van der Waals surface area contributed by atoms with E-state index >= 15 is 0 Å². The predicted octanol–water partition coefficient (Wildman–Crippen LogP) is 14.2. The molecule has 1 aromatic heterocycles. The molecule has 0 fully saturated rings. The zero-order valence-electron chi connectivity index (χ0n) is 37.8. The largest absolute Gasteiger partial charge is 0.311 e. The molecule has 10 aromatic rings. The third-order valence-electron chi connectivity index (χ3n) is 13.7. The fourth-order valence-corrected chi connectivity index (χ4v) is 10.5. The Labute approximate surface area is 382 Å². The number of nitrogens with zero attached hydrogens (tertiary/aromatic N) is 4. The fourth-order valence-electron chi connectivity index (χ4n) is 10.5. The van der Waals surface area contributed by atoms with Gasteiger partial charge in [-0.3, -0.25) is 0 Å². The number of aryl methyl sites for hydroxylation is 6.